The van der Waals surface area contributed by atoms with E-state index in [0.29, 0.717) is 0 Å². The molecule has 0 spiro atoms. The summed E-state index contributed by atoms with van der Waals surface area (Å²) in [6, 6.07) is 33.1. The topological polar surface area (TPSA) is 0 Å². The molecule has 5 aromatic carbocycles. The van der Waals surface area contributed by atoms with Gasteiger partial charge in [0.2, 0.25) is 0 Å². The second kappa shape index (κ2) is 6.26. The first kappa shape index (κ1) is 15.6. The highest BCUT2D eigenvalue weighted by atomic mass is 79.9. The van der Waals surface area contributed by atoms with Crippen molar-refractivity contribution in [3.05, 3.63) is 96.6 Å². The van der Waals surface area contributed by atoms with E-state index in [1.807, 2.05) is 0 Å². The van der Waals surface area contributed by atoms with Crippen LogP contribution >= 0.6 is 15.9 Å². The molecule has 0 aliphatic rings. The number of halogens is 1. The predicted octanol–water partition coefficient (Wildman–Crippen LogP) is 7.71. The quantitative estimate of drug-likeness (QED) is 0.211. The van der Waals surface area contributed by atoms with Crippen LogP contribution in [0.15, 0.2) is 91.0 Å². The normalized spacial score (nSPS) is 11.4. The van der Waals surface area contributed by atoms with Crippen molar-refractivity contribution in [3.8, 4) is 11.1 Å². The maximum Gasteiger partial charge on any atom is 0.0283 e. The van der Waals surface area contributed by atoms with Crippen molar-refractivity contribution >= 4 is 48.2 Å². The second-order valence-corrected chi connectivity index (χ2v) is 7.25. The Morgan fingerprint density at radius 3 is 2.08 bits per heavy atom. The number of hydrogen-bond acceptors (Lipinski definition) is 0. The number of hydrogen-bond donors (Lipinski definition) is 0. The van der Waals surface area contributed by atoms with Crippen molar-refractivity contribution in [2.45, 2.75) is 5.33 Å². The van der Waals surface area contributed by atoms with E-state index in [9.17, 15) is 0 Å². The van der Waals surface area contributed by atoms with Gasteiger partial charge in [0.25, 0.3) is 0 Å². The van der Waals surface area contributed by atoms with Crippen LogP contribution in [-0.2, 0) is 5.33 Å². The molecule has 5 rings (SSSR count). The summed E-state index contributed by atoms with van der Waals surface area (Å²) in [6.07, 6.45) is 0. The molecule has 5 aromatic rings. The van der Waals surface area contributed by atoms with E-state index in [4.69, 9.17) is 0 Å². The van der Waals surface area contributed by atoms with Crippen molar-refractivity contribution in [3.63, 3.8) is 0 Å². The van der Waals surface area contributed by atoms with Crippen molar-refractivity contribution < 1.29 is 0 Å². The zero-order valence-electron chi connectivity index (χ0n) is 14.2. The number of alkyl halides is 1. The molecule has 0 amide bonds. The lowest BCUT2D eigenvalue weighted by molar-refractivity contribution is 1.47. The SMILES string of the molecule is BrCc1ccc2cc3ccccc3c(-c3cccc4ccccc34)c2c1. The number of rotatable bonds is 2. The van der Waals surface area contributed by atoms with Crippen LogP contribution in [0.5, 0.6) is 0 Å². The van der Waals surface area contributed by atoms with Gasteiger partial charge in [-0.3, -0.25) is 0 Å². The largest absolute Gasteiger partial charge is 0.0876 e. The van der Waals surface area contributed by atoms with Gasteiger partial charge >= 0.3 is 0 Å². The Hall–Kier alpha value is -2.64. The van der Waals surface area contributed by atoms with Crippen LogP contribution in [0.2, 0.25) is 0 Å². The van der Waals surface area contributed by atoms with Crippen LogP contribution in [-0.4, -0.2) is 0 Å². The summed E-state index contributed by atoms with van der Waals surface area (Å²) in [4.78, 5) is 0. The summed E-state index contributed by atoms with van der Waals surface area (Å²) in [5, 5.41) is 8.65. The molecule has 0 bridgehead atoms. The van der Waals surface area contributed by atoms with Crippen LogP contribution in [0.4, 0.5) is 0 Å². The molecule has 0 radical (unpaired) electrons. The molecule has 0 nitrogen and oxygen atoms in total. The Morgan fingerprint density at radius 2 is 1.23 bits per heavy atom. The van der Waals surface area contributed by atoms with E-state index in [-0.39, 0.29) is 0 Å². The molecule has 0 N–H and O–H groups in total. The average Bonchev–Trinajstić information content (AvgIpc) is 2.71. The van der Waals surface area contributed by atoms with Gasteiger partial charge in [0.1, 0.15) is 0 Å². The minimum absolute atomic E-state index is 0.866. The van der Waals surface area contributed by atoms with Crippen LogP contribution in [0.1, 0.15) is 5.56 Å². The van der Waals surface area contributed by atoms with Gasteiger partial charge in [-0.05, 0) is 61.1 Å². The smallest absolute Gasteiger partial charge is 0.0283 e. The lowest BCUT2D eigenvalue weighted by atomic mass is 9.89. The lowest BCUT2D eigenvalue weighted by Gasteiger charge is -2.15. The van der Waals surface area contributed by atoms with Crippen LogP contribution in [0, 0.1) is 0 Å². The number of fused-ring (bicyclic) bond motifs is 3. The summed E-state index contributed by atoms with van der Waals surface area (Å²) in [5.74, 6) is 0. The molecule has 0 aliphatic heterocycles. The van der Waals surface area contributed by atoms with E-state index in [0.717, 1.165) is 5.33 Å². The molecule has 26 heavy (non-hydrogen) atoms. The Kier molecular flexibility index (Phi) is 3.76. The predicted molar refractivity (Wildman–Crippen MR) is 117 cm³/mol. The third-order valence-corrected chi connectivity index (χ3v) is 5.79. The van der Waals surface area contributed by atoms with Crippen LogP contribution in [0.25, 0.3) is 43.4 Å². The second-order valence-electron chi connectivity index (χ2n) is 6.69. The highest BCUT2D eigenvalue weighted by molar-refractivity contribution is 9.08. The molecular formula is C25H17Br. The average molecular weight is 397 g/mol. The maximum absolute atomic E-state index is 3.61. The molecule has 0 aromatic heterocycles. The minimum atomic E-state index is 0.866. The van der Waals surface area contributed by atoms with Crippen LogP contribution < -0.4 is 0 Å². The summed E-state index contributed by atoms with van der Waals surface area (Å²) in [7, 11) is 0. The summed E-state index contributed by atoms with van der Waals surface area (Å²) < 4.78 is 0. The summed E-state index contributed by atoms with van der Waals surface area (Å²) in [6.45, 7) is 0. The molecule has 0 heterocycles. The Morgan fingerprint density at radius 1 is 0.538 bits per heavy atom. The summed E-state index contributed by atoms with van der Waals surface area (Å²) in [5.41, 5.74) is 3.93. The zero-order chi connectivity index (χ0) is 17.5. The molecule has 1 heteroatoms. The molecule has 0 atom stereocenters. The standard InChI is InChI=1S/C25H17Br/c26-16-17-12-13-20-15-19-7-2-4-10-22(19)25(24(20)14-17)23-11-5-8-18-6-1-3-9-21(18)23/h1-15H,16H2. The molecule has 0 saturated heterocycles. The van der Waals surface area contributed by atoms with Crippen LogP contribution in [0.3, 0.4) is 0 Å². The maximum atomic E-state index is 3.61. The van der Waals surface area contributed by atoms with Gasteiger partial charge < -0.3 is 0 Å². The third-order valence-electron chi connectivity index (χ3n) is 5.14. The third kappa shape index (κ3) is 2.43. The first-order valence-corrected chi connectivity index (χ1v) is 9.96. The number of benzene rings is 5. The Labute approximate surface area is 161 Å². The fraction of sp³-hybridized carbons (Fsp3) is 0.0400. The molecule has 124 valence electrons. The Bertz CT molecular complexity index is 1260. The van der Waals surface area contributed by atoms with Gasteiger partial charge in [0.15, 0.2) is 0 Å². The zero-order valence-corrected chi connectivity index (χ0v) is 15.8. The monoisotopic (exact) mass is 396 g/mol. The van der Waals surface area contributed by atoms with Gasteiger partial charge in [0, 0.05) is 5.33 Å². The van der Waals surface area contributed by atoms with Gasteiger partial charge in [-0.25, -0.2) is 0 Å². The van der Waals surface area contributed by atoms with Gasteiger partial charge in [-0.1, -0.05) is 94.8 Å². The highest BCUT2D eigenvalue weighted by Gasteiger charge is 2.12. The fourth-order valence-electron chi connectivity index (χ4n) is 3.93. The fourth-order valence-corrected chi connectivity index (χ4v) is 4.27. The molecule has 0 saturated carbocycles. The van der Waals surface area contributed by atoms with E-state index in [1.54, 1.807) is 0 Å². The van der Waals surface area contributed by atoms with E-state index in [1.165, 1.54) is 49.0 Å². The molecule has 0 aliphatic carbocycles. The minimum Gasteiger partial charge on any atom is -0.0876 e. The Balaban J connectivity index is 2.01. The van der Waals surface area contributed by atoms with E-state index < -0.39 is 0 Å². The molecular weight excluding hydrogens is 380 g/mol. The van der Waals surface area contributed by atoms with E-state index in [2.05, 4.69) is 107 Å². The van der Waals surface area contributed by atoms with Crippen molar-refractivity contribution in [2.75, 3.05) is 0 Å². The van der Waals surface area contributed by atoms with Crippen molar-refractivity contribution in [2.24, 2.45) is 0 Å². The summed E-state index contributed by atoms with van der Waals surface area (Å²) >= 11 is 3.61. The molecule has 0 fully saturated rings. The van der Waals surface area contributed by atoms with Gasteiger partial charge in [-0.15, -0.1) is 0 Å². The van der Waals surface area contributed by atoms with Crippen molar-refractivity contribution in [1.29, 1.82) is 0 Å². The molecule has 0 unspecified atom stereocenters. The first-order chi connectivity index (χ1) is 12.8. The van der Waals surface area contributed by atoms with Gasteiger partial charge in [-0.2, -0.15) is 0 Å². The highest BCUT2D eigenvalue weighted by Crippen LogP contribution is 2.40. The van der Waals surface area contributed by atoms with E-state index >= 15 is 0 Å². The van der Waals surface area contributed by atoms with Gasteiger partial charge in [0.05, 0.1) is 0 Å². The first-order valence-electron chi connectivity index (χ1n) is 8.83. The lowest BCUT2D eigenvalue weighted by Crippen LogP contribution is -1.88. The van der Waals surface area contributed by atoms with Crippen molar-refractivity contribution in [1.82, 2.24) is 0 Å².